The smallest absolute Gasteiger partial charge is 0.125 e. The molecule has 0 amide bonds. The molecule has 0 aromatic heterocycles. The van der Waals surface area contributed by atoms with E-state index in [1.807, 2.05) is 18.2 Å². The Kier molecular flexibility index (Phi) is 6.19. The van der Waals surface area contributed by atoms with Gasteiger partial charge in [0, 0.05) is 11.7 Å². The second-order valence-electron chi connectivity index (χ2n) is 3.93. The molecule has 88 valence electrons. The standard InChI is InChI=1S/C13H18O2S/c14-9-12(13(15)10-16)8-4-7-11-5-2-1-3-6-11/h1-3,5-6,9,12-13,15-16H,4,7-8,10H2. The third kappa shape index (κ3) is 4.37. The highest BCUT2D eigenvalue weighted by Gasteiger charge is 2.16. The summed E-state index contributed by atoms with van der Waals surface area (Å²) in [7, 11) is 0. The third-order valence-electron chi connectivity index (χ3n) is 2.70. The SMILES string of the molecule is O=CC(CCCc1ccccc1)C(O)CS. The molecule has 0 saturated heterocycles. The van der Waals surface area contributed by atoms with Gasteiger partial charge >= 0.3 is 0 Å². The Morgan fingerprint density at radius 2 is 2.00 bits per heavy atom. The zero-order valence-corrected chi connectivity index (χ0v) is 10.1. The van der Waals surface area contributed by atoms with E-state index in [9.17, 15) is 9.90 Å². The Bertz CT molecular complexity index is 300. The van der Waals surface area contributed by atoms with Crippen LogP contribution in [0.15, 0.2) is 30.3 Å². The molecular formula is C13H18O2S. The minimum absolute atomic E-state index is 0.277. The molecular weight excluding hydrogens is 220 g/mol. The second-order valence-corrected chi connectivity index (χ2v) is 4.29. The highest BCUT2D eigenvalue weighted by Crippen LogP contribution is 2.13. The number of benzene rings is 1. The van der Waals surface area contributed by atoms with E-state index in [4.69, 9.17) is 0 Å². The van der Waals surface area contributed by atoms with Crippen LogP contribution in [0.2, 0.25) is 0 Å². The average molecular weight is 238 g/mol. The molecule has 0 aliphatic rings. The van der Waals surface area contributed by atoms with Gasteiger partial charge < -0.3 is 9.90 Å². The lowest BCUT2D eigenvalue weighted by Gasteiger charge is -2.15. The molecule has 0 fully saturated rings. The summed E-state index contributed by atoms with van der Waals surface area (Å²) in [4.78, 5) is 10.8. The summed E-state index contributed by atoms with van der Waals surface area (Å²) in [6.45, 7) is 0. The van der Waals surface area contributed by atoms with Crippen molar-refractivity contribution >= 4 is 18.9 Å². The number of carbonyl (C=O) groups excluding carboxylic acids is 1. The quantitative estimate of drug-likeness (QED) is 0.564. The van der Waals surface area contributed by atoms with Crippen LogP contribution in [0.4, 0.5) is 0 Å². The van der Waals surface area contributed by atoms with Gasteiger partial charge in [0.25, 0.3) is 0 Å². The van der Waals surface area contributed by atoms with Crippen LogP contribution < -0.4 is 0 Å². The lowest BCUT2D eigenvalue weighted by Crippen LogP contribution is -2.23. The highest BCUT2D eigenvalue weighted by molar-refractivity contribution is 7.80. The van der Waals surface area contributed by atoms with Gasteiger partial charge in [-0.25, -0.2) is 0 Å². The van der Waals surface area contributed by atoms with Crippen molar-refractivity contribution in [2.24, 2.45) is 5.92 Å². The minimum Gasteiger partial charge on any atom is -0.392 e. The molecule has 0 aliphatic carbocycles. The summed E-state index contributed by atoms with van der Waals surface area (Å²) in [5.41, 5.74) is 1.27. The topological polar surface area (TPSA) is 37.3 Å². The third-order valence-corrected chi connectivity index (χ3v) is 3.08. The fourth-order valence-corrected chi connectivity index (χ4v) is 1.94. The molecule has 3 heteroatoms. The van der Waals surface area contributed by atoms with E-state index in [1.165, 1.54) is 5.56 Å². The Morgan fingerprint density at radius 1 is 1.31 bits per heavy atom. The molecule has 0 aliphatic heterocycles. The Balaban J connectivity index is 2.31. The molecule has 1 rings (SSSR count). The van der Waals surface area contributed by atoms with Gasteiger partial charge in [0.05, 0.1) is 6.10 Å². The number of thiol groups is 1. The van der Waals surface area contributed by atoms with E-state index in [2.05, 4.69) is 24.8 Å². The number of aryl methyl sites for hydroxylation is 1. The fourth-order valence-electron chi connectivity index (χ4n) is 1.67. The normalized spacial score (nSPS) is 14.4. The maximum atomic E-state index is 10.8. The van der Waals surface area contributed by atoms with E-state index >= 15 is 0 Å². The highest BCUT2D eigenvalue weighted by atomic mass is 32.1. The lowest BCUT2D eigenvalue weighted by molar-refractivity contribution is -0.114. The summed E-state index contributed by atoms with van der Waals surface area (Å²) in [5.74, 6) is 0.0654. The van der Waals surface area contributed by atoms with E-state index in [1.54, 1.807) is 0 Å². The summed E-state index contributed by atoms with van der Waals surface area (Å²) in [6, 6.07) is 10.2. The van der Waals surface area contributed by atoms with Crippen molar-refractivity contribution in [2.75, 3.05) is 5.75 Å². The Hall–Kier alpha value is -0.800. The van der Waals surface area contributed by atoms with Crippen LogP contribution in [0.3, 0.4) is 0 Å². The summed E-state index contributed by atoms with van der Waals surface area (Å²) < 4.78 is 0. The van der Waals surface area contributed by atoms with Crippen LogP contribution in [0.25, 0.3) is 0 Å². The first kappa shape index (κ1) is 13.3. The van der Waals surface area contributed by atoms with Crippen LogP contribution in [0.1, 0.15) is 18.4 Å². The maximum absolute atomic E-state index is 10.8. The van der Waals surface area contributed by atoms with E-state index in [0.29, 0.717) is 5.75 Å². The number of carbonyl (C=O) groups is 1. The van der Waals surface area contributed by atoms with E-state index < -0.39 is 6.10 Å². The predicted molar refractivity (Wildman–Crippen MR) is 68.8 cm³/mol. The number of rotatable bonds is 7. The number of hydrogen-bond acceptors (Lipinski definition) is 3. The first-order valence-electron chi connectivity index (χ1n) is 5.56. The zero-order valence-electron chi connectivity index (χ0n) is 9.25. The number of hydrogen-bond donors (Lipinski definition) is 2. The van der Waals surface area contributed by atoms with Crippen molar-refractivity contribution in [3.8, 4) is 0 Å². The van der Waals surface area contributed by atoms with Gasteiger partial charge in [0.1, 0.15) is 6.29 Å². The molecule has 2 unspecified atom stereocenters. The van der Waals surface area contributed by atoms with Crippen LogP contribution in [0, 0.1) is 5.92 Å². The molecule has 0 heterocycles. The van der Waals surface area contributed by atoms with Gasteiger partial charge in [0.2, 0.25) is 0 Å². The van der Waals surface area contributed by atoms with Gasteiger partial charge in [-0.15, -0.1) is 0 Å². The van der Waals surface area contributed by atoms with Gasteiger partial charge in [-0.3, -0.25) is 0 Å². The molecule has 2 atom stereocenters. The van der Waals surface area contributed by atoms with Crippen molar-refractivity contribution in [3.63, 3.8) is 0 Å². The monoisotopic (exact) mass is 238 g/mol. The second kappa shape index (κ2) is 7.47. The van der Waals surface area contributed by atoms with Crippen LogP contribution in [-0.4, -0.2) is 23.2 Å². The van der Waals surface area contributed by atoms with E-state index in [-0.39, 0.29) is 5.92 Å². The largest absolute Gasteiger partial charge is 0.392 e. The fraction of sp³-hybridized carbons (Fsp3) is 0.462. The van der Waals surface area contributed by atoms with Crippen LogP contribution in [0.5, 0.6) is 0 Å². The van der Waals surface area contributed by atoms with E-state index in [0.717, 1.165) is 25.5 Å². The summed E-state index contributed by atoms with van der Waals surface area (Å²) in [5, 5.41) is 9.51. The predicted octanol–water partition coefficient (Wildman–Crippen LogP) is 2.12. The Morgan fingerprint density at radius 3 is 2.56 bits per heavy atom. The maximum Gasteiger partial charge on any atom is 0.125 e. The molecule has 1 N–H and O–H groups in total. The Labute approximate surface area is 102 Å². The van der Waals surface area contributed by atoms with Crippen molar-refractivity contribution in [2.45, 2.75) is 25.4 Å². The zero-order chi connectivity index (χ0) is 11.8. The van der Waals surface area contributed by atoms with Crippen molar-refractivity contribution in [1.82, 2.24) is 0 Å². The molecule has 16 heavy (non-hydrogen) atoms. The minimum atomic E-state index is -0.614. The summed E-state index contributed by atoms with van der Waals surface area (Å²) in [6.07, 6.45) is 2.81. The van der Waals surface area contributed by atoms with Crippen LogP contribution in [-0.2, 0) is 11.2 Å². The number of aliphatic hydroxyl groups is 1. The first-order chi connectivity index (χ1) is 7.77. The van der Waals surface area contributed by atoms with Crippen molar-refractivity contribution in [3.05, 3.63) is 35.9 Å². The molecule has 0 saturated carbocycles. The average Bonchev–Trinajstić information content (AvgIpc) is 2.35. The molecule has 0 bridgehead atoms. The summed E-state index contributed by atoms with van der Waals surface area (Å²) >= 11 is 3.99. The molecule has 1 aromatic carbocycles. The molecule has 1 aromatic rings. The van der Waals surface area contributed by atoms with Gasteiger partial charge in [0.15, 0.2) is 0 Å². The van der Waals surface area contributed by atoms with Crippen molar-refractivity contribution in [1.29, 1.82) is 0 Å². The van der Waals surface area contributed by atoms with Gasteiger partial charge in [-0.2, -0.15) is 12.6 Å². The number of aldehydes is 1. The molecule has 2 nitrogen and oxygen atoms in total. The molecule has 0 radical (unpaired) electrons. The number of aliphatic hydroxyl groups excluding tert-OH is 1. The lowest BCUT2D eigenvalue weighted by atomic mass is 9.97. The van der Waals surface area contributed by atoms with Gasteiger partial charge in [-0.1, -0.05) is 30.3 Å². The van der Waals surface area contributed by atoms with Crippen LogP contribution >= 0.6 is 12.6 Å². The first-order valence-corrected chi connectivity index (χ1v) is 6.19. The van der Waals surface area contributed by atoms with Gasteiger partial charge in [-0.05, 0) is 24.8 Å². The molecule has 0 spiro atoms. The van der Waals surface area contributed by atoms with Crippen molar-refractivity contribution < 1.29 is 9.90 Å².